The molecule has 1 heterocycles. The summed E-state index contributed by atoms with van der Waals surface area (Å²) in [6, 6.07) is 10.5. The van der Waals surface area contributed by atoms with Crippen LogP contribution in [-0.4, -0.2) is 41.4 Å². The van der Waals surface area contributed by atoms with Crippen molar-refractivity contribution >= 4 is 52.4 Å². The van der Waals surface area contributed by atoms with Gasteiger partial charge in [-0.3, -0.25) is 9.59 Å². The number of nitrogens with one attached hydrogen (secondary N) is 3. The molecule has 3 rings (SSSR count). The fraction of sp³-hybridized carbons (Fsp3) is 0.318. The van der Waals surface area contributed by atoms with Gasteiger partial charge in [-0.2, -0.15) is 0 Å². The number of hydrogen-bond donors (Lipinski definition) is 3. The standard InChI is InChI=1S/C22H24Cl2N4O3/c1-13(2)25-22(31)27-17-7-5-14(6-8-17)21(30)28-9-3-4-19(28)20(29)26-18-11-15(23)10-16(24)12-18/h5-8,10-13,19H,3-4,9H2,1-2H3,(H,26,29)(H2,25,27,31). The minimum absolute atomic E-state index is 0.0158. The van der Waals surface area contributed by atoms with E-state index in [0.717, 1.165) is 6.42 Å². The number of hydrogen-bond acceptors (Lipinski definition) is 3. The number of halogens is 2. The van der Waals surface area contributed by atoms with E-state index >= 15 is 0 Å². The van der Waals surface area contributed by atoms with Crippen molar-refractivity contribution in [3.8, 4) is 0 Å². The first-order valence-electron chi connectivity index (χ1n) is 9.98. The largest absolute Gasteiger partial charge is 0.336 e. The molecule has 31 heavy (non-hydrogen) atoms. The van der Waals surface area contributed by atoms with Crippen LogP contribution >= 0.6 is 23.2 Å². The molecule has 1 aliphatic rings. The van der Waals surface area contributed by atoms with Gasteiger partial charge in [-0.1, -0.05) is 23.2 Å². The van der Waals surface area contributed by atoms with E-state index in [0.29, 0.717) is 39.9 Å². The lowest BCUT2D eigenvalue weighted by Gasteiger charge is -2.24. The molecule has 2 aromatic rings. The van der Waals surface area contributed by atoms with Gasteiger partial charge in [-0.25, -0.2) is 4.79 Å². The summed E-state index contributed by atoms with van der Waals surface area (Å²) in [6.45, 7) is 4.22. The van der Waals surface area contributed by atoms with Crippen LogP contribution in [0.25, 0.3) is 0 Å². The Balaban J connectivity index is 1.66. The Kier molecular flexibility index (Phi) is 7.41. The molecule has 1 aliphatic heterocycles. The van der Waals surface area contributed by atoms with E-state index < -0.39 is 6.04 Å². The van der Waals surface area contributed by atoms with Crippen molar-refractivity contribution in [2.45, 2.75) is 38.8 Å². The summed E-state index contributed by atoms with van der Waals surface area (Å²) < 4.78 is 0. The van der Waals surface area contributed by atoms with Crippen molar-refractivity contribution < 1.29 is 14.4 Å². The maximum Gasteiger partial charge on any atom is 0.319 e. The average molecular weight is 463 g/mol. The van der Waals surface area contributed by atoms with Gasteiger partial charge in [-0.15, -0.1) is 0 Å². The summed E-state index contributed by atoms with van der Waals surface area (Å²) in [5, 5.41) is 9.07. The Labute approximate surface area is 191 Å². The van der Waals surface area contributed by atoms with E-state index in [9.17, 15) is 14.4 Å². The third kappa shape index (κ3) is 6.12. The predicted molar refractivity (Wildman–Crippen MR) is 123 cm³/mol. The zero-order valence-electron chi connectivity index (χ0n) is 17.2. The van der Waals surface area contributed by atoms with Crippen LogP contribution in [0, 0.1) is 0 Å². The average Bonchev–Trinajstić information content (AvgIpc) is 3.16. The number of likely N-dealkylation sites (tertiary alicyclic amines) is 1. The molecule has 0 aliphatic carbocycles. The van der Waals surface area contributed by atoms with Crippen molar-refractivity contribution in [2.24, 2.45) is 0 Å². The van der Waals surface area contributed by atoms with Crippen molar-refractivity contribution in [3.63, 3.8) is 0 Å². The van der Waals surface area contributed by atoms with E-state index in [1.54, 1.807) is 47.4 Å². The third-order valence-corrected chi connectivity index (χ3v) is 5.19. The normalized spacial score (nSPS) is 15.6. The highest BCUT2D eigenvalue weighted by Crippen LogP contribution is 2.25. The van der Waals surface area contributed by atoms with Crippen LogP contribution < -0.4 is 16.0 Å². The highest BCUT2D eigenvalue weighted by atomic mass is 35.5. The van der Waals surface area contributed by atoms with Crippen LogP contribution in [0.2, 0.25) is 10.0 Å². The molecule has 164 valence electrons. The number of urea groups is 1. The number of carbonyl (C=O) groups excluding carboxylic acids is 3. The van der Waals surface area contributed by atoms with Gasteiger partial charge in [0.1, 0.15) is 6.04 Å². The summed E-state index contributed by atoms with van der Waals surface area (Å²) in [7, 11) is 0. The molecular weight excluding hydrogens is 439 g/mol. The second kappa shape index (κ2) is 10.0. The second-order valence-electron chi connectivity index (χ2n) is 7.63. The number of benzene rings is 2. The molecule has 0 radical (unpaired) electrons. The molecule has 1 unspecified atom stereocenters. The molecule has 2 aromatic carbocycles. The van der Waals surface area contributed by atoms with Crippen LogP contribution in [0.5, 0.6) is 0 Å². The topological polar surface area (TPSA) is 90.5 Å². The number of rotatable bonds is 5. The molecule has 4 amide bonds. The zero-order chi connectivity index (χ0) is 22.5. The lowest BCUT2D eigenvalue weighted by molar-refractivity contribution is -0.119. The molecule has 9 heteroatoms. The summed E-state index contributed by atoms with van der Waals surface area (Å²) in [5.41, 5.74) is 1.50. The summed E-state index contributed by atoms with van der Waals surface area (Å²) in [6.07, 6.45) is 1.30. The number of nitrogens with zero attached hydrogens (tertiary/aromatic N) is 1. The molecule has 3 N–H and O–H groups in total. The van der Waals surface area contributed by atoms with E-state index in [2.05, 4.69) is 16.0 Å². The quantitative estimate of drug-likeness (QED) is 0.597. The molecule has 0 aromatic heterocycles. The lowest BCUT2D eigenvalue weighted by Crippen LogP contribution is -2.43. The second-order valence-corrected chi connectivity index (χ2v) is 8.51. The fourth-order valence-electron chi connectivity index (χ4n) is 3.43. The van der Waals surface area contributed by atoms with Crippen LogP contribution in [-0.2, 0) is 4.79 Å². The van der Waals surface area contributed by atoms with Crippen molar-refractivity contribution in [1.29, 1.82) is 0 Å². The van der Waals surface area contributed by atoms with Gasteiger partial charge in [0.2, 0.25) is 5.91 Å². The number of carbonyl (C=O) groups is 3. The smallest absolute Gasteiger partial charge is 0.319 e. The van der Waals surface area contributed by atoms with Crippen molar-refractivity contribution in [1.82, 2.24) is 10.2 Å². The van der Waals surface area contributed by atoms with Gasteiger partial charge in [0, 0.05) is 39.6 Å². The molecule has 1 saturated heterocycles. The number of anilines is 2. The maximum atomic E-state index is 13.0. The van der Waals surface area contributed by atoms with E-state index in [1.807, 2.05) is 13.8 Å². The van der Waals surface area contributed by atoms with Crippen LogP contribution in [0.4, 0.5) is 16.2 Å². The van der Waals surface area contributed by atoms with Crippen molar-refractivity contribution in [3.05, 3.63) is 58.1 Å². The lowest BCUT2D eigenvalue weighted by atomic mass is 10.1. The molecule has 7 nitrogen and oxygen atoms in total. The molecule has 1 atom stereocenters. The highest BCUT2D eigenvalue weighted by molar-refractivity contribution is 6.35. The summed E-state index contributed by atoms with van der Waals surface area (Å²) in [4.78, 5) is 39.2. The first-order chi connectivity index (χ1) is 14.7. The SMILES string of the molecule is CC(C)NC(=O)Nc1ccc(C(=O)N2CCCC2C(=O)Nc2cc(Cl)cc(Cl)c2)cc1. The Morgan fingerprint density at radius 1 is 0.968 bits per heavy atom. The highest BCUT2D eigenvalue weighted by Gasteiger charge is 2.34. The zero-order valence-corrected chi connectivity index (χ0v) is 18.8. The van der Waals surface area contributed by atoms with Crippen LogP contribution in [0.15, 0.2) is 42.5 Å². The van der Waals surface area contributed by atoms with Crippen LogP contribution in [0.3, 0.4) is 0 Å². The van der Waals surface area contributed by atoms with Crippen molar-refractivity contribution in [2.75, 3.05) is 17.2 Å². The minimum Gasteiger partial charge on any atom is -0.336 e. The number of amides is 4. The van der Waals surface area contributed by atoms with E-state index in [-0.39, 0.29) is 23.9 Å². The van der Waals surface area contributed by atoms with Gasteiger partial charge in [0.25, 0.3) is 5.91 Å². The minimum atomic E-state index is -0.583. The van der Waals surface area contributed by atoms with Gasteiger partial charge in [0.15, 0.2) is 0 Å². The van der Waals surface area contributed by atoms with Crippen LogP contribution in [0.1, 0.15) is 37.0 Å². The third-order valence-electron chi connectivity index (χ3n) is 4.76. The van der Waals surface area contributed by atoms with Gasteiger partial charge in [-0.05, 0) is 69.2 Å². The Morgan fingerprint density at radius 3 is 2.23 bits per heavy atom. The van der Waals surface area contributed by atoms with E-state index in [4.69, 9.17) is 23.2 Å². The Hall–Kier alpha value is -2.77. The molecule has 0 saturated carbocycles. The Morgan fingerprint density at radius 2 is 1.61 bits per heavy atom. The monoisotopic (exact) mass is 462 g/mol. The first kappa shape index (κ1) is 22.9. The molecule has 0 spiro atoms. The van der Waals surface area contributed by atoms with Gasteiger partial charge >= 0.3 is 6.03 Å². The fourth-order valence-corrected chi connectivity index (χ4v) is 3.95. The van der Waals surface area contributed by atoms with Gasteiger partial charge < -0.3 is 20.9 Å². The van der Waals surface area contributed by atoms with E-state index in [1.165, 1.54) is 0 Å². The predicted octanol–water partition coefficient (Wildman–Crippen LogP) is 4.77. The maximum absolute atomic E-state index is 13.0. The summed E-state index contributed by atoms with van der Waals surface area (Å²) in [5.74, 6) is -0.521. The first-order valence-corrected chi connectivity index (χ1v) is 10.7. The molecule has 0 bridgehead atoms. The van der Waals surface area contributed by atoms with Gasteiger partial charge in [0.05, 0.1) is 0 Å². The molecule has 1 fully saturated rings. The summed E-state index contributed by atoms with van der Waals surface area (Å²) >= 11 is 12.0. The molecular formula is C22H24Cl2N4O3. The Bertz CT molecular complexity index is 959.